The zero-order valence-corrected chi connectivity index (χ0v) is 13.8. The predicted molar refractivity (Wildman–Crippen MR) is 90.8 cm³/mol. The molecule has 0 atom stereocenters. The van der Waals surface area contributed by atoms with E-state index in [4.69, 9.17) is 11.6 Å². The van der Waals surface area contributed by atoms with Gasteiger partial charge in [-0.25, -0.2) is 9.97 Å². The molecule has 120 valence electrons. The van der Waals surface area contributed by atoms with Gasteiger partial charge in [-0.15, -0.1) is 0 Å². The van der Waals surface area contributed by atoms with E-state index in [1.807, 2.05) is 24.0 Å². The van der Waals surface area contributed by atoms with Crippen LogP contribution in [0.2, 0.25) is 5.02 Å². The third-order valence-corrected chi connectivity index (χ3v) is 4.24. The molecular formula is C17H19ClN4O. The number of nitrogens with zero attached hydrogens (tertiary/aromatic N) is 3. The summed E-state index contributed by atoms with van der Waals surface area (Å²) < 4.78 is 0. The van der Waals surface area contributed by atoms with Crippen molar-refractivity contribution in [3.8, 4) is 0 Å². The van der Waals surface area contributed by atoms with Gasteiger partial charge < -0.3 is 10.2 Å². The maximum Gasteiger partial charge on any atom is 0.253 e. The van der Waals surface area contributed by atoms with Crippen LogP contribution in [-0.4, -0.2) is 39.9 Å². The molecule has 1 N–H and O–H groups in total. The molecule has 23 heavy (non-hydrogen) atoms. The maximum absolute atomic E-state index is 12.5. The summed E-state index contributed by atoms with van der Waals surface area (Å²) in [7, 11) is 0. The number of aromatic nitrogens is 2. The first-order chi connectivity index (χ1) is 11.1. The molecule has 0 radical (unpaired) electrons. The number of carbonyl (C=O) groups is 1. The van der Waals surface area contributed by atoms with Gasteiger partial charge in [0.2, 0.25) is 0 Å². The van der Waals surface area contributed by atoms with E-state index in [1.165, 1.54) is 0 Å². The van der Waals surface area contributed by atoms with Gasteiger partial charge in [-0.1, -0.05) is 17.7 Å². The van der Waals surface area contributed by atoms with Crippen LogP contribution in [0.25, 0.3) is 0 Å². The van der Waals surface area contributed by atoms with E-state index in [1.54, 1.807) is 24.5 Å². The van der Waals surface area contributed by atoms with Crippen LogP contribution in [-0.2, 0) is 0 Å². The predicted octanol–water partition coefficient (Wildman–Crippen LogP) is 3.16. The van der Waals surface area contributed by atoms with Crippen molar-refractivity contribution in [2.75, 3.05) is 18.4 Å². The number of hydrogen-bond donors (Lipinski definition) is 1. The number of piperidine rings is 1. The van der Waals surface area contributed by atoms with E-state index in [9.17, 15) is 4.79 Å². The van der Waals surface area contributed by atoms with Crippen LogP contribution in [0.4, 0.5) is 5.82 Å². The third-order valence-electron chi connectivity index (χ3n) is 4.01. The summed E-state index contributed by atoms with van der Waals surface area (Å²) in [5, 5.41) is 4.01. The summed E-state index contributed by atoms with van der Waals surface area (Å²) in [4.78, 5) is 22.7. The number of rotatable bonds is 3. The molecule has 1 aromatic heterocycles. The van der Waals surface area contributed by atoms with Crippen molar-refractivity contribution in [3.63, 3.8) is 0 Å². The molecule has 1 aliphatic heterocycles. The molecular weight excluding hydrogens is 312 g/mol. The lowest BCUT2D eigenvalue weighted by Gasteiger charge is -2.32. The van der Waals surface area contributed by atoms with Gasteiger partial charge in [0.05, 0.1) is 0 Å². The second kappa shape index (κ2) is 6.96. The molecule has 6 heteroatoms. The highest BCUT2D eigenvalue weighted by Gasteiger charge is 2.23. The second-order valence-electron chi connectivity index (χ2n) is 5.77. The first-order valence-corrected chi connectivity index (χ1v) is 8.09. The second-order valence-corrected chi connectivity index (χ2v) is 6.20. The van der Waals surface area contributed by atoms with Gasteiger partial charge in [0, 0.05) is 41.5 Å². The summed E-state index contributed by atoms with van der Waals surface area (Å²) >= 11 is 5.96. The van der Waals surface area contributed by atoms with Gasteiger partial charge in [0.15, 0.2) is 0 Å². The van der Waals surface area contributed by atoms with E-state index < -0.39 is 0 Å². The number of likely N-dealkylation sites (tertiary alicyclic amines) is 1. The Labute approximate surface area is 140 Å². The fourth-order valence-corrected chi connectivity index (χ4v) is 2.96. The number of amides is 1. The van der Waals surface area contributed by atoms with Crippen LogP contribution in [0.1, 0.15) is 28.9 Å². The lowest BCUT2D eigenvalue weighted by Crippen LogP contribution is -2.42. The summed E-state index contributed by atoms with van der Waals surface area (Å²) in [5.74, 6) is 0.890. The molecule has 0 bridgehead atoms. The smallest absolute Gasteiger partial charge is 0.253 e. The lowest BCUT2D eigenvalue weighted by atomic mass is 10.0. The average molecular weight is 331 g/mol. The van der Waals surface area contributed by atoms with Crippen molar-refractivity contribution < 1.29 is 4.79 Å². The van der Waals surface area contributed by atoms with Gasteiger partial charge in [0.1, 0.15) is 12.1 Å². The average Bonchev–Trinajstić information content (AvgIpc) is 2.55. The number of nitrogens with one attached hydrogen (secondary N) is 1. The van der Waals surface area contributed by atoms with E-state index in [0.29, 0.717) is 16.6 Å². The van der Waals surface area contributed by atoms with Crippen molar-refractivity contribution in [2.45, 2.75) is 25.8 Å². The Bertz CT molecular complexity index is 698. The fraction of sp³-hybridized carbons (Fsp3) is 0.353. The largest absolute Gasteiger partial charge is 0.367 e. The van der Waals surface area contributed by atoms with Crippen LogP contribution in [0.5, 0.6) is 0 Å². The molecule has 3 rings (SSSR count). The molecule has 1 saturated heterocycles. The van der Waals surface area contributed by atoms with E-state index >= 15 is 0 Å². The maximum atomic E-state index is 12.5. The fourth-order valence-electron chi connectivity index (χ4n) is 2.77. The molecule has 0 spiro atoms. The highest BCUT2D eigenvalue weighted by Crippen LogP contribution is 2.19. The van der Waals surface area contributed by atoms with E-state index in [-0.39, 0.29) is 5.91 Å². The minimum Gasteiger partial charge on any atom is -0.367 e. The Kier molecular flexibility index (Phi) is 4.76. The molecule has 1 amide bonds. The summed E-state index contributed by atoms with van der Waals surface area (Å²) in [6, 6.07) is 9.37. The third kappa shape index (κ3) is 3.99. The Balaban J connectivity index is 1.57. The highest BCUT2D eigenvalue weighted by atomic mass is 35.5. The van der Waals surface area contributed by atoms with Crippen LogP contribution in [0.3, 0.4) is 0 Å². The van der Waals surface area contributed by atoms with Crippen LogP contribution in [0.15, 0.2) is 36.7 Å². The number of halogens is 1. The Hall–Kier alpha value is -2.14. The number of aryl methyl sites for hydroxylation is 1. The minimum absolute atomic E-state index is 0.0452. The molecule has 0 saturated carbocycles. The molecule has 1 fully saturated rings. The van der Waals surface area contributed by atoms with Crippen molar-refractivity contribution in [3.05, 3.63) is 52.9 Å². The van der Waals surface area contributed by atoms with Gasteiger partial charge in [-0.3, -0.25) is 4.79 Å². The number of anilines is 1. The first-order valence-electron chi connectivity index (χ1n) is 7.72. The van der Waals surface area contributed by atoms with Gasteiger partial charge >= 0.3 is 0 Å². The summed E-state index contributed by atoms with van der Waals surface area (Å²) in [6.45, 7) is 3.40. The quantitative estimate of drug-likeness (QED) is 0.939. The number of benzene rings is 1. The Morgan fingerprint density at radius 3 is 2.74 bits per heavy atom. The summed E-state index contributed by atoms with van der Waals surface area (Å²) in [5.41, 5.74) is 1.59. The Morgan fingerprint density at radius 2 is 2.04 bits per heavy atom. The van der Waals surface area contributed by atoms with Gasteiger partial charge in [0.25, 0.3) is 5.91 Å². The Morgan fingerprint density at radius 1 is 1.26 bits per heavy atom. The molecule has 2 heterocycles. The SMILES string of the molecule is Cc1cc(NC2CCN(C(=O)c3cccc(Cl)c3)CC2)ncn1. The highest BCUT2D eigenvalue weighted by molar-refractivity contribution is 6.30. The van der Waals surface area contributed by atoms with Crippen molar-refractivity contribution in [1.82, 2.24) is 14.9 Å². The van der Waals surface area contributed by atoms with Gasteiger partial charge in [-0.05, 0) is 38.0 Å². The van der Waals surface area contributed by atoms with Crippen LogP contribution < -0.4 is 5.32 Å². The van der Waals surface area contributed by atoms with E-state index in [2.05, 4.69) is 15.3 Å². The zero-order chi connectivity index (χ0) is 16.2. The van der Waals surface area contributed by atoms with Crippen LogP contribution >= 0.6 is 11.6 Å². The molecule has 0 aliphatic carbocycles. The molecule has 5 nitrogen and oxygen atoms in total. The lowest BCUT2D eigenvalue weighted by molar-refractivity contribution is 0.0718. The molecule has 2 aromatic rings. The molecule has 1 aromatic carbocycles. The molecule has 1 aliphatic rings. The normalized spacial score (nSPS) is 15.5. The monoisotopic (exact) mass is 330 g/mol. The summed E-state index contributed by atoms with van der Waals surface area (Å²) in [6.07, 6.45) is 3.36. The minimum atomic E-state index is 0.0452. The first kappa shape index (κ1) is 15.7. The standard InChI is InChI=1S/C17H19ClN4O/c1-12-9-16(20-11-19-12)21-15-5-7-22(8-6-15)17(23)13-3-2-4-14(18)10-13/h2-4,9-11,15H,5-8H2,1H3,(H,19,20,21). The van der Waals surface area contributed by atoms with Crippen LogP contribution in [0, 0.1) is 6.92 Å². The zero-order valence-electron chi connectivity index (χ0n) is 13.0. The van der Waals surface area contributed by atoms with Gasteiger partial charge in [-0.2, -0.15) is 0 Å². The topological polar surface area (TPSA) is 58.1 Å². The van der Waals surface area contributed by atoms with Crippen molar-refractivity contribution >= 4 is 23.3 Å². The van der Waals surface area contributed by atoms with E-state index in [0.717, 1.165) is 37.4 Å². The number of hydrogen-bond acceptors (Lipinski definition) is 4. The van der Waals surface area contributed by atoms with Crippen molar-refractivity contribution in [2.24, 2.45) is 0 Å². The molecule has 0 unspecified atom stereocenters. The number of carbonyl (C=O) groups excluding carboxylic acids is 1. The van der Waals surface area contributed by atoms with Crippen molar-refractivity contribution in [1.29, 1.82) is 0 Å².